The van der Waals surface area contributed by atoms with Gasteiger partial charge >= 0.3 is 5.97 Å². The molecule has 0 aromatic rings. The van der Waals surface area contributed by atoms with Gasteiger partial charge in [-0.2, -0.15) is 0 Å². The summed E-state index contributed by atoms with van der Waals surface area (Å²) < 4.78 is 5.16. The van der Waals surface area contributed by atoms with Crippen molar-refractivity contribution in [3.05, 3.63) is 23.3 Å². The average Bonchev–Trinajstić information content (AvgIpc) is 2.15. The molecule has 0 aromatic carbocycles. The molecule has 0 unspecified atom stereocenters. The summed E-state index contributed by atoms with van der Waals surface area (Å²) in [6, 6.07) is 0. The Labute approximate surface area is 106 Å². The van der Waals surface area contributed by atoms with E-state index in [4.69, 9.17) is 4.74 Å². The van der Waals surface area contributed by atoms with Crippen LogP contribution in [0.25, 0.3) is 0 Å². The largest absolute Gasteiger partial charge is 0.465 e. The smallest absolute Gasteiger partial charge is 0.306 e. The number of hydrogen-bond acceptors (Lipinski definition) is 2. The van der Waals surface area contributed by atoms with Crippen molar-refractivity contribution >= 4 is 5.97 Å². The van der Waals surface area contributed by atoms with Gasteiger partial charge in [0.25, 0.3) is 0 Å². The van der Waals surface area contributed by atoms with Crippen molar-refractivity contribution in [1.29, 1.82) is 0 Å². The van der Waals surface area contributed by atoms with E-state index in [9.17, 15) is 4.79 Å². The fourth-order valence-electron chi connectivity index (χ4n) is 1.32. The molecule has 0 aliphatic heterocycles. The van der Waals surface area contributed by atoms with Gasteiger partial charge in [-0.3, -0.25) is 4.79 Å². The van der Waals surface area contributed by atoms with Gasteiger partial charge in [0.1, 0.15) is 0 Å². The Bertz CT molecular complexity index is 281. The van der Waals surface area contributed by atoms with E-state index in [2.05, 4.69) is 32.9 Å². The van der Waals surface area contributed by atoms with Crippen LogP contribution in [0.1, 0.15) is 53.9 Å². The second kappa shape index (κ2) is 9.03. The van der Waals surface area contributed by atoms with Crippen LogP contribution < -0.4 is 0 Å². The molecular formula is C15H26O2. The molecule has 0 rings (SSSR count). The van der Waals surface area contributed by atoms with Crippen LogP contribution in [-0.4, -0.2) is 12.6 Å². The van der Waals surface area contributed by atoms with Crippen molar-refractivity contribution in [3.63, 3.8) is 0 Å². The van der Waals surface area contributed by atoms with Crippen LogP contribution in [0.3, 0.4) is 0 Å². The second-order valence-electron chi connectivity index (χ2n) is 5.14. The van der Waals surface area contributed by atoms with Crippen LogP contribution in [-0.2, 0) is 9.53 Å². The molecule has 98 valence electrons. The van der Waals surface area contributed by atoms with Gasteiger partial charge in [-0.25, -0.2) is 0 Å². The van der Waals surface area contributed by atoms with Crippen LogP contribution >= 0.6 is 0 Å². The van der Waals surface area contributed by atoms with Gasteiger partial charge in [0.2, 0.25) is 0 Å². The van der Waals surface area contributed by atoms with Crippen molar-refractivity contribution in [3.8, 4) is 0 Å². The summed E-state index contributed by atoms with van der Waals surface area (Å²) in [6.45, 7) is 10.8. The first-order valence-corrected chi connectivity index (χ1v) is 6.36. The lowest BCUT2D eigenvalue weighted by Crippen LogP contribution is -2.08. The van der Waals surface area contributed by atoms with Gasteiger partial charge < -0.3 is 4.74 Å². The summed E-state index contributed by atoms with van der Waals surface area (Å²) in [5, 5.41) is 0. The minimum atomic E-state index is -0.0860. The molecule has 0 aliphatic rings. The minimum Gasteiger partial charge on any atom is -0.465 e. The summed E-state index contributed by atoms with van der Waals surface area (Å²) in [5.41, 5.74) is 2.61. The normalized spacial score (nSPS) is 11.5. The van der Waals surface area contributed by atoms with Crippen LogP contribution in [0.2, 0.25) is 0 Å². The number of carbonyl (C=O) groups excluding carboxylic acids is 1. The number of rotatable bonds is 7. The number of carbonyl (C=O) groups is 1. The molecule has 0 bridgehead atoms. The molecule has 0 aliphatic carbocycles. The summed E-state index contributed by atoms with van der Waals surface area (Å²) in [5.74, 6) is 0.286. The van der Waals surface area contributed by atoms with Crippen LogP contribution in [0.4, 0.5) is 0 Å². The molecule has 0 saturated carbocycles. The number of esters is 1. The summed E-state index contributed by atoms with van der Waals surface area (Å²) in [6.07, 6.45) is 6.69. The highest BCUT2D eigenvalue weighted by atomic mass is 16.5. The van der Waals surface area contributed by atoms with Gasteiger partial charge in [-0.1, -0.05) is 37.1 Å². The molecule has 0 fully saturated rings. The Balaban J connectivity index is 3.74. The molecule has 0 amide bonds. The van der Waals surface area contributed by atoms with E-state index in [1.807, 2.05) is 13.8 Å². The minimum absolute atomic E-state index is 0.0860. The zero-order valence-electron chi connectivity index (χ0n) is 11.9. The quantitative estimate of drug-likeness (QED) is 0.489. The Morgan fingerprint density at radius 1 is 1.18 bits per heavy atom. The average molecular weight is 238 g/mol. The van der Waals surface area contributed by atoms with Crippen LogP contribution in [0.5, 0.6) is 0 Å². The SMILES string of the molecule is CC(C)=CCC=C(C)CCOC(=O)CC(C)C. The standard InChI is InChI=1S/C15H26O2/c1-12(2)7-6-8-14(5)9-10-17-15(16)11-13(3)4/h7-8,13H,6,9-11H2,1-5H3. The van der Waals surface area contributed by atoms with E-state index < -0.39 is 0 Å². The maximum atomic E-state index is 11.3. The Morgan fingerprint density at radius 3 is 2.35 bits per heavy atom. The lowest BCUT2D eigenvalue weighted by molar-refractivity contribution is -0.144. The highest BCUT2D eigenvalue weighted by molar-refractivity contribution is 5.69. The van der Waals surface area contributed by atoms with Crippen molar-refractivity contribution in [2.24, 2.45) is 5.92 Å². The third-order valence-corrected chi connectivity index (χ3v) is 2.33. The zero-order valence-corrected chi connectivity index (χ0v) is 11.9. The molecule has 2 heteroatoms. The molecular weight excluding hydrogens is 212 g/mol. The number of hydrogen-bond donors (Lipinski definition) is 0. The molecule has 0 N–H and O–H groups in total. The molecule has 0 heterocycles. The molecule has 0 spiro atoms. The van der Waals surface area contributed by atoms with E-state index in [0.717, 1.165) is 12.8 Å². The highest BCUT2D eigenvalue weighted by Gasteiger charge is 2.05. The number of allylic oxidation sites excluding steroid dienone is 3. The first kappa shape index (κ1) is 16.0. The van der Waals surface area contributed by atoms with E-state index >= 15 is 0 Å². The predicted octanol–water partition coefficient (Wildman–Crippen LogP) is 4.27. The van der Waals surface area contributed by atoms with Gasteiger partial charge in [0.15, 0.2) is 0 Å². The van der Waals surface area contributed by atoms with E-state index in [1.54, 1.807) is 0 Å². The van der Waals surface area contributed by atoms with Crippen LogP contribution in [0.15, 0.2) is 23.3 Å². The van der Waals surface area contributed by atoms with Gasteiger partial charge in [-0.15, -0.1) is 0 Å². The third kappa shape index (κ3) is 11.2. The molecule has 0 radical (unpaired) electrons. The molecule has 0 aromatic heterocycles. The summed E-state index contributed by atoms with van der Waals surface area (Å²) in [7, 11) is 0. The second-order valence-corrected chi connectivity index (χ2v) is 5.14. The van der Waals surface area contributed by atoms with Crippen molar-refractivity contribution in [1.82, 2.24) is 0 Å². The van der Waals surface area contributed by atoms with Gasteiger partial charge in [0.05, 0.1) is 6.61 Å². The first-order chi connectivity index (χ1) is 7.91. The van der Waals surface area contributed by atoms with Crippen LogP contribution in [0, 0.1) is 5.92 Å². The van der Waals surface area contributed by atoms with Crippen molar-refractivity contribution < 1.29 is 9.53 Å². The molecule has 0 saturated heterocycles. The molecule has 0 atom stereocenters. The van der Waals surface area contributed by atoms with E-state index in [0.29, 0.717) is 18.9 Å². The Morgan fingerprint density at radius 2 is 1.82 bits per heavy atom. The first-order valence-electron chi connectivity index (χ1n) is 6.36. The Kier molecular flexibility index (Phi) is 8.47. The van der Waals surface area contributed by atoms with E-state index in [-0.39, 0.29) is 5.97 Å². The lowest BCUT2D eigenvalue weighted by atomic mass is 10.1. The van der Waals surface area contributed by atoms with Crippen molar-refractivity contribution in [2.45, 2.75) is 53.9 Å². The molecule has 17 heavy (non-hydrogen) atoms. The topological polar surface area (TPSA) is 26.3 Å². The maximum Gasteiger partial charge on any atom is 0.306 e. The van der Waals surface area contributed by atoms with Gasteiger partial charge in [0, 0.05) is 12.8 Å². The van der Waals surface area contributed by atoms with Gasteiger partial charge in [-0.05, 0) is 33.1 Å². The number of ether oxygens (including phenoxy) is 1. The third-order valence-electron chi connectivity index (χ3n) is 2.33. The monoisotopic (exact) mass is 238 g/mol. The van der Waals surface area contributed by atoms with E-state index in [1.165, 1.54) is 11.1 Å². The predicted molar refractivity (Wildman–Crippen MR) is 72.8 cm³/mol. The van der Waals surface area contributed by atoms with Crippen molar-refractivity contribution in [2.75, 3.05) is 6.61 Å². The Hall–Kier alpha value is -1.05. The summed E-state index contributed by atoms with van der Waals surface area (Å²) in [4.78, 5) is 11.3. The fraction of sp³-hybridized carbons (Fsp3) is 0.667. The summed E-state index contributed by atoms with van der Waals surface area (Å²) >= 11 is 0. The zero-order chi connectivity index (χ0) is 13.3. The maximum absolute atomic E-state index is 11.3. The fourth-order valence-corrected chi connectivity index (χ4v) is 1.32. The lowest BCUT2D eigenvalue weighted by Gasteiger charge is -2.06. The molecule has 2 nitrogen and oxygen atoms in total. The highest BCUT2D eigenvalue weighted by Crippen LogP contribution is 2.06.